The van der Waals surface area contributed by atoms with E-state index in [4.69, 9.17) is 27.1 Å². The Bertz CT molecular complexity index is 401. The molecule has 0 radical (unpaired) electrons. The summed E-state index contributed by atoms with van der Waals surface area (Å²) < 4.78 is 0. The van der Waals surface area contributed by atoms with Crippen LogP contribution in [-0.4, -0.2) is 52.6 Å². The van der Waals surface area contributed by atoms with Crippen molar-refractivity contribution in [3.8, 4) is 0 Å². The number of aliphatic carboxylic acids is 2. The summed E-state index contributed by atoms with van der Waals surface area (Å²) in [6.45, 7) is 0.310. The lowest BCUT2D eigenvalue weighted by atomic mass is 10.1. The number of hydrogen-bond acceptors (Lipinski definition) is 6. The maximum absolute atomic E-state index is 11.0. The van der Waals surface area contributed by atoms with Crippen molar-refractivity contribution in [2.75, 3.05) is 6.54 Å². The lowest BCUT2D eigenvalue weighted by Gasteiger charge is -2.19. The average Bonchev–Trinajstić information content (AvgIpc) is 2.34. The monoisotopic (exact) mass is 304 g/mol. The van der Waals surface area contributed by atoms with Crippen LogP contribution in [0.5, 0.6) is 0 Å². The van der Waals surface area contributed by atoms with E-state index >= 15 is 0 Å². The normalized spacial score (nSPS) is 13.1. The third-order valence-corrected chi connectivity index (χ3v) is 2.42. The van der Waals surface area contributed by atoms with Crippen LogP contribution in [-0.2, 0) is 14.4 Å². The second-order valence-electron chi connectivity index (χ2n) is 4.22. The van der Waals surface area contributed by atoms with Gasteiger partial charge in [0.1, 0.15) is 12.1 Å². The van der Waals surface area contributed by atoms with Crippen molar-refractivity contribution < 1.29 is 24.6 Å². The molecule has 0 rings (SSSR count). The number of rotatable bonds is 11. The van der Waals surface area contributed by atoms with E-state index in [1.807, 2.05) is 0 Å². The highest BCUT2D eigenvalue weighted by atomic mass is 16.4. The third kappa shape index (κ3) is 9.18. The summed E-state index contributed by atoms with van der Waals surface area (Å²) in [5.41, 5.74) is 14.6. The molecule has 0 aliphatic carbocycles. The molecule has 0 saturated carbocycles. The molecule has 0 aromatic carbocycles. The van der Waals surface area contributed by atoms with E-state index in [9.17, 15) is 14.4 Å². The zero-order valence-corrected chi connectivity index (χ0v) is 11.3. The number of carbonyl (C=O) groups excluding carboxylic acids is 1. The minimum absolute atomic E-state index is 0.158. The molecule has 21 heavy (non-hydrogen) atoms. The fourth-order valence-corrected chi connectivity index (χ4v) is 1.39. The number of carboxylic acid groups (broad SMARTS) is 2. The molecule has 0 bridgehead atoms. The van der Waals surface area contributed by atoms with Crippen LogP contribution in [0.15, 0.2) is 0 Å². The highest BCUT2D eigenvalue weighted by molar-refractivity contribution is 5.83. The third-order valence-electron chi connectivity index (χ3n) is 2.42. The fourth-order valence-electron chi connectivity index (χ4n) is 1.39. The van der Waals surface area contributed by atoms with Crippen molar-refractivity contribution >= 4 is 23.8 Å². The Kier molecular flexibility index (Phi) is 8.41. The van der Waals surface area contributed by atoms with E-state index in [1.54, 1.807) is 0 Å². The SMILES string of the molecule is N=C(N)NCCC[C@H](NN[C@@H](CC(N)=O)C(=O)O)C(=O)O. The Morgan fingerprint density at radius 2 is 1.57 bits per heavy atom. The summed E-state index contributed by atoms with van der Waals surface area (Å²) in [6.07, 6.45) is 0.0743. The fraction of sp³-hybridized carbons (Fsp3) is 0.600. The molecular formula is C10H20N6O5. The number of guanidine groups is 1. The molecular weight excluding hydrogens is 284 g/mol. The van der Waals surface area contributed by atoms with Gasteiger partial charge in [-0.2, -0.15) is 0 Å². The molecule has 0 heterocycles. The van der Waals surface area contributed by atoms with Gasteiger partial charge in [0.15, 0.2) is 5.96 Å². The lowest BCUT2D eigenvalue weighted by Crippen LogP contribution is -2.53. The molecule has 1 amide bonds. The van der Waals surface area contributed by atoms with Gasteiger partial charge in [-0.3, -0.25) is 19.8 Å². The number of nitrogens with one attached hydrogen (secondary N) is 4. The van der Waals surface area contributed by atoms with E-state index in [2.05, 4.69) is 16.2 Å². The van der Waals surface area contributed by atoms with Crippen LogP contribution in [0.25, 0.3) is 0 Å². The van der Waals surface area contributed by atoms with Gasteiger partial charge in [-0.05, 0) is 12.8 Å². The largest absolute Gasteiger partial charge is 0.480 e. The minimum Gasteiger partial charge on any atom is -0.480 e. The number of carbonyl (C=O) groups is 3. The summed E-state index contributed by atoms with van der Waals surface area (Å²) in [5, 5.41) is 27.3. The van der Waals surface area contributed by atoms with Gasteiger partial charge in [-0.25, -0.2) is 10.9 Å². The number of primary amides is 1. The highest BCUT2D eigenvalue weighted by Crippen LogP contribution is 1.97. The summed E-state index contributed by atoms with van der Waals surface area (Å²) in [6, 6.07) is -2.38. The molecule has 10 N–H and O–H groups in total. The maximum Gasteiger partial charge on any atom is 0.322 e. The van der Waals surface area contributed by atoms with E-state index < -0.39 is 36.4 Å². The van der Waals surface area contributed by atoms with Crippen LogP contribution in [0.2, 0.25) is 0 Å². The van der Waals surface area contributed by atoms with Gasteiger partial charge < -0.3 is 27.0 Å². The Labute approximate surface area is 120 Å². The van der Waals surface area contributed by atoms with Gasteiger partial charge in [0, 0.05) is 6.54 Å². The molecule has 2 atom stereocenters. The van der Waals surface area contributed by atoms with Crippen LogP contribution < -0.4 is 27.6 Å². The summed E-state index contributed by atoms with van der Waals surface area (Å²) in [7, 11) is 0. The zero-order valence-electron chi connectivity index (χ0n) is 11.3. The molecule has 0 aliphatic rings. The van der Waals surface area contributed by atoms with Crippen molar-refractivity contribution in [1.82, 2.24) is 16.2 Å². The lowest BCUT2D eigenvalue weighted by molar-refractivity contribution is -0.144. The first-order chi connectivity index (χ1) is 9.73. The second-order valence-corrected chi connectivity index (χ2v) is 4.22. The van der Waals surface area contributed by atoms with E-state index in [0.29, 0.717) is 13.0 Å². The van der Waals surface area contributed by atoms with Gasteiger partial charge in [-0.1, -0.05) is 0 Å². The predicted molar refractivity (Wildman–Crippen MR) is 72.1 cm³/mol. The van der Waals surface area contributed by atoms with Gasteiger partial charge in [-0.15, -0.1) is 0 Å². The molecule has 0 aromatic heterocycles. The first-order valence-corrected chi connectivity index (χ1v) is 6.07. The number of hydrogen-bond donors (Lipinski definition) is 8. The van der Waals surface area contributed by atoms with Crippen LogP contribution in [0.3, 0.4) is 0 Å². The Balaban J connectivity index is 4.29. The van der Waals surface area contributed by atoms with Gasteiger partial charge in [0.2, 0.25) is 5.91 Å². The van der Waals surface area contributed by atoms with Crippen molar-refractivity contribution in [3.63, 3.8) is 0 Å². The first kappa shape index (κ1) is 18.6. The Morgan fingerprint density at radius 3 is 2.00 bits per heavy atom. The molecule has 0 spiro atoms. The first-order valence-electron chi connectivity index (χ1n) is 6.07. The number of carboxylic acids is 2. The summed E-state index contributed by atoms with van der Waals surface area (Å²) >= 11 is 0. The van der Waals surface area contributed by atoms with Crippen LogP contribution in [0.4, 0.5) is 0 Å². The molecule has 0 aromatic rings. The molecule has 0 aliphatic heterocycles. The molecule has 0 unspecified atom stereocenters. The quantitative estimate of drug-likeness (QED) is 0.0853. The minimum atomic E-state index is -1.33. The number of nitrogens with two attached hydrogens (primary N) is 2. The molecule has 11 nitrogen and oxygen atoms in total. The van der Waals surface area contributed by atoms with Crippen LogP contribution >= 0.6 is 0 Å². The van der Waals surface area contributed by atoms with Crippen molar-refractivity contribution in [1.29, 1.82) is 5.41 Å². The van der Waals surface area contributed by atoms with E-state index in [0.717, 1.165) is 0 Å². The molecule has 11 heteroatoms. The maximum atomic E-state index is 11.0. The smallest absolute Gasteiger partial charge is 0.322 e. The molecule has 120 valence electrons. The summed E-state index contributed by atoms with van der Waals surface area (Å²) in [5.74, 6) is -3.56. The van der Waals surface area contributed by atoms with Crippen molar-refractivity contribution in [2.24, 2.45) is 11.5 Å². The predicted octanol–water partition coefficient (Wildman–Crippen LogP) is -2.87. The Morgan fingerprint density at radius 1 is 1.05 bits per heavy atom. The topological polar surface area (TPSA) is 204 Å². The molecule has 0 fully saturated rings. The van der Waals surface area contributed by atoms with Gasteiger partial charge in [0.05, 0.1) is 6.42 Å². The second kappa shape index (κ2) is 9.50. The van der Waals surface area contributed by atoms with Crippen LogP contribution in [0, 0.1) is 5.41 Å². The zero-order chi connectivity index (χ0) is 16.4. The van der Waals surface area contributed by atoms with Crippen molar-refractivity contribution in [2.45, 2.75) is 31.3 Å². The van der Waals surface area contributed by atoms with Crippen LogP contribution in [0.1, 0.15) is 19.3 Å². The van der Waals surface area contributed by atoms with E-state index in [1.165, 1.54) is 0 Å². The number of amides is 1. The molecule has 0 saturated heterocycles. The number of hydrazine groups is 1. The standard InChI is InChI=1S/C10H20N6O5/c11-7(17)4-6(9(20)21)16-15-5(8(18)19)2-1-3-14-10(12)13/h5-6,15-16H,1-4H2,(H2,11,17)(H,18,19)(H,20,21)(H4,12,13,14)/t5-,6-/m0/s1. The van der Waals surface area contributed by atoms with E-state index in [-0.39, 0.29) is 12.4 Å². The highest BCUT2D eigenvalue weighted by Gasteiger charge is 2.23. The van der Waals surface area contributed by atoms with Gasteiger partial charge >= 0.3 is 11.9 Å². The summed E-state index contributed by atoms with van der Waals surface area (Å²) in [4.78, 5) is 32.6. The van der Waals surface area contributed by atoms with Crippen molar-refractivity contribution in [3.05, 3.63) is 0 Å². The van der Waals surface area contributed by atoms with Gasteiger partial charge in [0.25, 0.3) is 0 Å². The Hall–Kier alpha value is -2.40. The average molecular weight is 304 g/mol.